The Hall–Kier alpha value is -0.150. The molecule has 0 aliphatic carbocycles. The molecule has 0 radical (unpaired) electrons. The third-order valence-electron chi connectivity index (χ3n) is 2.68. The topological polar surface area (TPSA) is 29.3 Å². The molecule has 0 heterocycles. The van der Waals surface area contributed by atoms with Crippen molar-refractivity contribution < 1.29 is 0 Å². The highest BCUT2D eigenvalue weighted by Gasteiger charge is 2.04. The predicted molar refractivity (Wildman–Crippen MR) is 84.7 cm³/mol. The van der Waals surface area contributed by atoms with Gasteiger partial charge in [0.2, 0.25) is 0 Å². The molecule has 1 aromatic rings. The Bertz CT molecular complexity index is 298. The van der Waals surface area contributed by atoms with E-state index >= 15 is 0 Å². The van der Waals surface area contributed by atoms with Crippen LogP contribution in [0.15, 0.2) is 24.3 Å². The molecule has 0 spiro atoms. The maximum atomic E-state index is 5.78. The fourth-order valence-electron chi connectivity index (χ4n) is 1.75. The normalized spacial score (nSPS) is 9.94. The van der Waals surface area contributed by atoms with Gasteiger partial charge in [0.1, 0.15) is 0 Å². The molecule has 5 heteroatoms. The van der Waals surface area contributed by atoms with Crippen molar-refractivity contribution in [3.8, 4) is 0 Å². The maximum absolute atomic E-state index is 5.78. The van der Waals surface area contributed by atoms with Crippen LogP contribution in [0.4, 0.5) is 5.69 Å². The minimum atomic E-state index is 0. The first-order valence-electron chi connectivity index (χ1n) is 5.97. The van der Waals surface area contributed by atoms with Crippen LogP contribution < -0.4 is 10.6 Å². The molecule has 0 saturated carbocycles. The first kappa shape index (κ1) is 17.8. The fraction of sp³-hybridized carbons (Fsp3) is 0.538. The standard InChI is InChI=1S/C13H20Cl2N2.ClH/c14-7-10-17(11-8-15)13-5-3-12(4-6-13)2-1-9-16;/h3-6H,1-2,7-11,16H2;1H. The van der Waals surface area contributed by atoms with Gasteiger partial charge in [0.15, 0.2) is 0 Å². The summed E-state index contributed by atoms with van der Waals surface area (Å²) < 4.78 is 0. The molecule has 1 rings (SSSR count). The van der Waals surface area contributed by atoms with Crippen molar-refractivity contribution in [3.63, 3.8) is 0 Å². The number of anilines is 1. The van der Waals surface area contributed by atoms with Crippen LogP contribution in [0.2, 0.25) is 0 Å². The second-order valence-electron chi connectivity index (χ2n) is 3.92. The highest BCUT2D eigenvalue weighted by atomic mass is 35.5. The van der Waals surface area contributed by atoms with Crippen molar-refractivity contribution in [1.29, 1.82) is 0 Å². The lowest BCUT2D eigenvalue weighted by molar-refractivity contribution is 0.830. The molecule has 0 aliphatic heterocycles. The number of hydrogen-bond donors (Lipinski definition) is 1. The van der Waals surface area contributed by atoms with Gasteiger partial charge in [0.25, 0.3) is 0 Å². The summed E-state index contributed by atoms with van der Waals surface area (Å²) >= 11 is 11.6. The van der Waals surface area contributed by atoms with E-state index in [1.165, 1.54) is 11.3 Å². The monoisotopic (exact) mass is 310 g/mol. The summed E-state index contributed by atoms with van der Waals surface area (Å²) in [6.45, 7) is 2.40. The van der Waals surface area contributed by atoms with Crippen molar-refractivity contribution in [1.82, 2.24) is 0 Å². The molecule has 2 nitrogen and oxygen atoms in total. The number of alkyl halides is 2. The van der Waals surface area contributed by atoms with Gasteiger partial charge in [-0.1, -0.05) is 12.1 Å². The molecule has 0 aliphatic rings. The highest BCUT2D eigenvalue weighted by Crippen LogP contribution is 2.16. The minimum absolute atomic E-state index is 0. The van der Waals surface area contributed by atoms with Gasteiger partial charge in [-0.3, -0.25) is 0 Å². The molecule has 0 aromatic heterocycles. The Balaban J connectivity index is 0.00000289. The Morgan fingerprint density at radius 2 is 1.56 bits per heavy atom. The lowest BCUT2D eigenvalue weighted by Crippen LogP contribution is -2.27. The predicted octanol–water partition coefficient (Wildman–Crippen LogP) is 3.28. The van der Waals surface area contributed by atoms with E-state index in [4.69, 9.17) is 28.9 Å². The largest absolute Gasteiger partial charge is 0.369 e. The SMILES string of the molecule is Cl.NCCCc1ccc(N(CCCl)CCCl)cc1. The Morgan fingerprint density at radius 3 is 2.00 bits per heavy atom. The average Bonchev–Trinajstić information content (AvgIpc) is 2.37. The number of nitrogens with two attached hydrogens (primary N) is 1. The summed E-state index contributed by atoms with van der Waals surface area (Å²) in [5.41, 5.74) is 8.01. The third-order valence-corrected chi connectivity index (χ3v) is 3.02. The Labute approximate surface area is 126 Å². The smallest absolute Gasteiger partial charge is 0.0399 e. The minimum Gasteiger partial charge on any atom is -0.369 e. The van der Waals surface area contributed by atoms with E-state index in [0.717, 1.165) is 32.5 Å². The number of halogens is 3. The van der Waals surface area contributed by atoms with Gasteiger partial charge < -0.3 is 10.6 Å². The maximum Gasteiger partial charge on any atom is 0.0399 e. The fourth-order valence-corrected chi connectivity index (χ4v) is 2.16. The summed E-state index contributed by atoms with van der Waals surface area (Å²) in [7, 11) is 0. The molecule has 1 aromatic carbocycles. The number of benzene rings is 1. The van der Waals surface area contributed by atoms with E-state index in [1.807, 2.05) is 0 Å². The van der Waals surface area contributed by atoms with Gasteiger partial charge in [-0.05, 0) is 37.1 Å². The van der Waals surface area contributed by atoms with Crippen LogP contribution in [0.1, 0.15) is 12.0 Å². The summed E-state index contributed by atoms with van der Waals surface area (Å²) in [6.07, 6.45) is 2.08. The zero-order chi connectivity index (χ0) is 12.5. The molecule has 0 fully saturated rings. The molecule has 18 heavy (non-hydrogen) atoms. The van der Waals surface area contributed by atoms with E-state index in [-0.39, 0.29) is 12.4 Å². The summed E-state index contributed by atoms with van der Waals surface area (Å²) in [6, 6.07) is 8.57. The lowest BCUT2D eigenvalue weighted by Gasteiger charge is -2.23. The van der Waals surface area contributed by atoms with E-state index < -0.39 is 0 Å². The van der Waals surface area contributed by atoms with Crippen LogP contribution in [-0.2, 0) is 6.42 Å². The van der Waals surface area contributed by atoms with Gasteiger partial charge in [-0.15, -0.1) is 35.6 Å². The summed E-state index contributed by atoms with van der Waals surface area (Å²) in [4.78, 5) is 2.20. The summed E-state index contributed by atoms with van der Waals surface area (Å²) in [5, 5.41) is 0. The second kappa shape index (κ2) is 10.7. The van der Waals surface area contributed by atoms with Gasteiger partial charge in [-0.25, -0.2) is 0 Å². The van der Waals surface area contributed by atoms with Crippen molar-refractivity contribution in [2.45, 2.75) is 12.8 Å². The Morgan fingerprint density at radius 1 is 1.00 bits per heavy atom. The van der Waals surface area contributed by atoms with E-state index in [9.17, 15) is 0 Å². The van der Waals surface area contributed by atoms with Gasteiger partial charge >= 0.3 is 0 Å². The van der Waals surface area contributed by atoms with Crippen molar-refractivity contribution in [2.24, 2.45) is 5.73 Å². The lowest BCUT2D eigenvalue weighted by atomic mass is 10.1. The second-order valence-corrected chi connectivity index (χ2v) is 4.68. The van der Waals surface area contributed by atoms with Crippen LogP contribution in [0.25, 0.3) is 0 Å². The van der Waals surface area contributed by atoms with Gasteiger partial charge in [-0.2, -0.15) is 0 Å². The molecule has 0 unspecified atom stereocenters. The van der Waals surface area contributed by atoms with Crippen molar-refractivity contribution >= 4 is 41.3 Å². The zero-order valence-electron chi connectivity index (χ0n) is 10.4. The summed E-state index contributed by atoms with van der Waals surface area (Å²) in [5.74, 6) is 1.23. The first-order chi connectivity index (χ1) is 8.31. The average molecular weight is 312 g/mol. The number of aryl methyl sites for hydroxylation is 1. The van der Waals surface area contributed by atoms with Crippen LogP contribution in [0.5, 0.6) is 0 Å². The van der Waals surface area contributed by atoms with Crippen LogP contribution in [-0.4, -0.2) is 31.4 Å². The third kappa shape index (κ3) is 6.14. The molecule has 0 atom stereocenters. The molecule has 0 saturated heterocycles. The van der Waals surface area contributed by atoms with Gasteiger partial charge in [0.05, 0.1) is 0 Å². The molecule has 0 bridgehead atoms. The van der Waals surface area contributed by atoms with Crippen molar-refractivity contribution in [2.75, 3.05) is 36.3 Å². The van der Waals surface area contributed by atoms with Crippen LogP contribution >= 0.6 is 35.6 Å². The molecular weight excluding hydrogens is 291 g/mol. The zero-order valence-corrected chi connectivity index (χ0v) is 12.8. The van der Waals surface area contributed by atoms with Gasteiger partial charge in [0, 0.05) is 30.5 Å². The number of rotatable bonds is 8. The van der Waals surface area contributed by atoms with E-state index in [2.05, 4.69) is 29.2 Å². The number of hydrogen-bond acceptors (Lipinski definition) is 2. The molecular formula is C13H21Cl3N2. The Kier molecular flexibility index (Phi) is 10.7. The van der Waals surface area contributed by atoms with Crippen LogP contribution in [0, 0.1) is 0 Å². The van der Waals surface area contributed by atoms with Crippen LogP contribution in [0.3, 0.4) is 0 Å². The molecule has 104 valence electrons. The highest BCUT2D eigenvalue weighted by molar-refractivity contribution is 6.18. The number of nitrogens with zero attached hydrogens (tertiary/aromatic N) is 1. The van der Waals surface area contributed by atoms with E-state index in [0.29, 0.717) is 11.8 Å². The molecule has 2 N–H and O–H groups in total. The van der Waals surface area contributed by atoms with E-state index in [1.54, 1.807) is 0 Å². The quantitative estimate of drug-likeness (QED) is 0.747. The van der Waals surface area contributed by atoms with Crippen molar-refractivity contribution in [3.05, 3.63) is 29.8 Å². The first-order valence-corrected chi connectivity index (χ1v) is 7.04. The molecule has 0 amide bonds.